The second kappa shape index (κ2) is 4.08. The number of phenolic OH excluding ortho intramolecular Hbond substituents is 1. The third-order valence-electron chi connectivity index (χ3n) is 2.80. The van der Waals surface area contributed by atoms with E-state index in [4.69, 9.17) is 10.5 Å². The van der Waals surface area contributed by atoms with Crippen molar-refractivity contribution in [2.45, 2.75) is 32.8 Å². The molecule has 1 aromatic rings. The van der Waals surface area contributed by atoms with Gasteiger partial charge in [0.25, 0.3) is 0 Å². The van der Waals surface area contributed by atoms with E-state index in [0.29, 0.717) is 18.7 Å². The first-order valence-electron chi connectivity index (χ1n) is 5.90. The summed E-state index contributed by atoms with van der Waals surface area (Å²) in [7, 11) is 0. The van der Waals surface area contributed by atoms with Crippen LogP contribution in [0.3, 0.4) is 0 Å². The Bertz CT molecular complexity index is 492. The number of nitrogens with two attached hydrogens (primary N) is 1. The lowest BCUT2D eigenvalue weighted by molar-refractivity contribution is 0.0584. The van der Waals surface area contributed by atoms with Gasteiger partial charge in [-0.2, -0.15) is 0 Å². The van der Waals surface area contributed by atoms with E-state index < -0.39 is 5.60 Å². The molecule has 0 saturated heterocycles. The van der Waals surface area contributed by atoms with Crippen molar-refractivity contribution in [1.29, 1.82) is 0 Å². The molecular weight excluding hydrogens is 232 g/mol. The van der Waals surface area contributed by atoms with E-state index in [1.807, 2.05) is 20.8 Å². The largest absolute Gasteiger partial charge is 0.506 e. The fourth-order valence-corrected chi connectivity index (χ4v) is 2.01. The summed E-state index contributed by atoms with van der Waals surface area (Å²) in [5.74, 6) is 0.0554. The normalized spacial score (nSPS) is 14.5. The first-order valence-corrected chi connectivity index (χ1v) is 5.90. The maximum Gasteiger partial charge on any atom is 0.414 e. The molecule has 0 aliphatic carbocycles. The summed E-state index contributed by atoms with van der Waals surface area (Å²) in [4.78, 5) is 13.6. The molecule has 1 heterocycles. The number of carbonyl (C=O) groups is 1. The van der Waals surface area contributed by atoms with Crippen molar-refractivity contribution in [3.63, 3.8) is 0 Å². The molecule has 0 radical (unpaired) electrons. The molecular formula is C13H18N2O3. The second-order valence-electron chi connectivity index (χ2n) is 5.38. The summed E-state index contributed by atoms with van der Waals surface area (Å²) in [6.45, 7) is 6.01. The molecule has 1 aliphatic heterocycles. The van der Waals surface area contributed by atoms with Crippen LogP contribution in [-0.2, 0) is 11.2 Å². The Kier molecular flexibility index (Phi) is 2.84. The number of nitrogens with zero attached hydrogens (tertiary/aromatic N) is 1. The number of anilines is 2. The number of fused-ring (bicyclic) bond motifs is 1. The van der Waals surface area contributed by atoms with Gasteiger partial charge in [0, 0.05) is 12.1 Å². The van der Waals surface area contributed by atoms with E-state index in [1.54, 1.807) is 11.0 Å². The molecule has 0 unspecified atom stereocenters. The zero-order valence-corrected chi connectivity index (χ0v) is 10.9. The Morgan fingerprint density at radius 2 is 2.11 bits per heavy atom. The van der Waals surface area contributed by atoms with Gasteiger partial charge in [-0.15, -0.1) is 0 Å². The minimum atomic E-state index is -0.525. The van der Waals surface area contributed by atoms with Crippen LogP contribution < -0.4 is 10.6 Å². The molecule has 0 saturated carbocycles. The van der Waals surface area contributed by atoms with Gasteiger partial charge in [0.2, 0.25) is 0 Å². The molecule has 1 aromatic carbocycles. The Labute approximate surface area is 106 Å². The number of ether oxygens (including phenoxy) is 1. The van der Waals surface area contributed by atoms with E-state index in [-0.39, 0.29) is 11.8 Å². The molecule has 0 atom stereocenters. The summed E-state index contributed by atoms with van der Waals surface area (Å²) in [5.41, 5.74) is 7.14. The minimum Gasteiger partial charge on any atom is -0.506 e. The van der Waals surface area contributed by atoms with Crippen molar-refractivity contribution in [2.75, 3.05) is 17.2 Å². The molecule has 0 spiro atoms. The van der Waals surface area contributed by atoms with E-state index in [1.165, 1.54) is 6.07 Å². The van der Waals surface area contributed by atoms with Crippen LogP contribution in [0.1, 0.15) is 26.3 Å². The summed E-state index contributed by atoms with van der Waals surface area (Å²) in [6.07, 6.45) is 0.251. The molecule has 0 fully saturated rings. The Balaban J connectivity index is 2.27. The van der Waals surface area contributed by atoms with E-state index in [0.717, 1.165) is 11.3 Å². The number of rotatable bonds is 0. The van der Waals surface area contributed by atoms with Gasteiger partial charge in [-0.1, -0.05) is 0 Å². The van der Waals surface area contributed by atoms with Crippen molar-refractivity contribution in [1.82, 2.24) is 0 Å². The summed E-state index contributed by atoms with van der Waals surface area (Å²) < 4.78 is 5.33. The first-order chi connectivity index (χ1) is 8.29. The number of benzene rings is 1. The number of phenols is 1. The Hall–Kier alpha value is -1.91. The monoisotopic (exact) mass is 250 g/mol. The Morgan fingerprint density at radius 3 is 2.72 bits per heavy atom. The number of hydrogen-bond donors (Lipinski definition) is 2. The van der Waals surface area contributed by atoms with Gasteiger partial charge in [0.05, 0.1) is 11.4 Å². The maximum atomic E-state index is 12.0. The highest BCUT2D eigenvalue weighted by Crippen LogP contribution is 2.37. The quantitative estimate of drug-likeness (QED) is 0.547. The molecule has 98 valence electrons. The van der Waals surface area contributed by atoms with Crippen LogP contribution in [-0.4, -0.2) is 23.3 Å². The third-order valence-corrected chi connectivity index (χ3v) is 2.80. The molecule has 18 heavy (non-hydrogen) atoms. The van der Waals surface area contributed by atoms with Crippen LogP contribution in [0.4, 0.5) is 16.2 Å². The van der Waals surface area contributed by atoms with Crippen LogP contribution >= 0.6 is 0 Å². The lowest BCUT2D eigenvalue weighted by atomic mass is 10.1. The summed E-state index contributed by atoms with van der Waals surface area (Å²) in [6, 6.07) is 3.19. The lowest BCUT2D eigenvalue weighted by Gasteiger charge is -2.24. The third kappa shape index (κ3) is 2.20. The van der Waals surface area contributed by atoms with Crippen LogP contribution in [0.5, 0.6) is 5.75 Å². The highest BCUT2D eigenvalue weighted by molar-refractivity contribution is 5.92. The van der Waals surface area contributed by atoms with Gasteiger partial charge in [0.15, 0.2) is 0 Å². The minimum absolute atomic E-state index is 0.0554. The van der Waals surface area contributed by atoms with Crippen LogP contribution in [0.25, 0.3) is 0 Å². The lowest BCUT2D eigenvalue weighted by Crippen LogP contribution is -2.35. The average Bonchev–Trinajstić information content (AvgIpc) is 2.65. The number of carbonyl (C=O) groups excluding carboxylic acids is 1. The maximum absolute atomic E-state index is 12.0. The summed E-state index contributed by atoms with van der Waals surface area (Å²) >= 11 is 0. The molecule has 1 amide bonds. The van der Waals surface area contributed by atoms with Crippen molar-refractivity contribution >= 4 is 17.5 Å². The predicted molar refractivity (Wildman–Crippen MR) is 69.8 cm³/mol. The molecule has 5 heteroatoms. The molecule has 2 rings (SSSR count). The predicted octanol–water partition coefficient (Wildman–Crippen LogP) is 2.27. The number of amides is 1. The molecule has 0 aromatic heterocycles. The van der Waals surface area contributed by atoms with E-state index in [2.05, 4.69) is 0 Å². The van der Waals surface area contributed by atoms with E-state index in [9.17, 15) is 9.90 Å². The van der Waals surface area contributed by atoms with Gasteiger partial charge < -0.3 is 15.6 Å². The molecule has 3 N–H and O–H groups in total. The number of nitrogen functional groups attached to an aromatic ring is 1. The van der Waals surface area contributed by atoms with Crippen molar-refractivity contribution < 1.29 is 14.6 Å². The average molecular weight is 250 g/mol. The van der Waals surface area contributed by atoms with Gasteiger partial charge in [-0.25, -0.2) is 4.79 Å². The number of aromatic hydroxyl groups is 1. The van der Waals surface area contributed by atoms with Gasteiger partial charge in [0.1, 0.15) is 11.4 Å². The molecule has 5 nitrogen and oxygen atoms in total. The fourth-order valence-electron chi connectivity index (χ4n) is 2.01. The van der Waals surface area contributed by atoms with Crippen molar-refractivity contribution in [3.05, 3.63) is 17.7 Å². The molecule has 1 aliphatic rings. The van der Waals surface area contributed by atoms with Crippen LogP contribution in [0.15, 0.2) is 12.1 Å². The highest BCUT2D eigenvalue weighted by atomic mass is 16.6. The second-order valence-corrected chi connectivity index (χ2v) is 5.38. The number of hydrogen-bond acceptors (Lipinski definition) is 4. The SMILES string of the molecule is CC(C)(C)OC(=O)N1CCc2c1ccc(O)c2N. The van der Waals surface area contributed by atoms with E-state index >= 15 is 0 Å². The highest BCUT2D eigenvalue weighted by Gasteiger charge is 2.30. The smallest absolute Gasteiger partial charge is 0.414 e. The topological polar surface area (TPSA) is 75.8 Å². The fraction of sp³-hybridized carbons (Fsp3) is 0.462. The summed E-state index contributed by atoms with van der Waals surface area (Å²) in [5, 5.41) is 9.54. The van der Waals surface area contributed by atoms with Crippen LogP contribution in [0, 0.1) is 0 Å². The Morgan fingerprint density at radius 1 is 1.44 bits per heavy atom. The van der Waals surface area contributed by atoms with Crippen molar-refractivity contribution in [2.24, 2.45) is 0 Å². The van der Waals surface area contributed by atoms with Gasteiger partial charge in [-0.05, 0) is 39.3 Å². The van der Waals surface area contributed by atoms with Gasteiger partial charge >= 0.3 is 6.09 Å². The molecule has 0 bridgehead atoms. The zero-order chi connectivity index (χ0) is 13.5. The first kappa shape index (κ1) is 12.5. The van der Waals surface area contributed by atoms with Crippen LogP contribution in [0.2, 0.25) is 0 Å². The van der Waals surface area contributed by atoms with Crippen molar-refractivity contribution in [3.8, 4) is 5.75 Å². The van der Waals surface area contributed by atoms with Gasteiger partial charge in [-0.3, -0.25) is 4.90 Å². The zero-order valence-electron chi connectivity index (χ0n) is 10.9. The standard InChI is InChI=1S/C13H18N2O3/c1-13(2,3)18-12(17)15-7-6-8-9(15)4-5-10(16)11(8)14/h4-5,16H,6-7,14H2,1-3H3.